The van der Waals surface area contributed by atoms with Crippen LogP contribution in [0.25, 0.3) is 0 Å². The van der Waals surface area contributed by atoms with Gasteiger partial charge in [0.25, 0.3) is 5.91 Å². The van der Waals surface area contributed by atoms with Gasteiger partial charge in [0.05, 0.1) is 12.2 Å². The Bertz CT molecular complexity index is 605. The smallest absolute Gasteiger partial charge is 0.290 e. The van der Waals surface area contributed by atoms with Gasteiger partial charge in [0, 0.05) is 25.4 Å². The number of likely N-dealkylation sites (tertiary alicyclic amines) is 1. The van der Waals surface area contributed by atoms with Gasteiger partial charge in [-0.2, -0.15) is 5.10 Å². The molecule has 1 fully saturated rings. The van der Waals surface area contributed by atoms with E-state index in [1.54, 1.807) is 16.8 Å². The van der Waals surface area contributed by atoms with Gasteiger partial charge >= 0.3 is 0 Å². The van der Waals surface area contributed by atoms with E-state index in [0.29, 0.717) is 10.4 Å². The van der Waals surface area contributed by atoms with Crippen molar-refractivity contribution in [3.63, 3.8) is 0 Å². The summed E-state index contributed by atoms with van der Waals surface area (Å²) in [5.41, 5.74) is 1.08. The van der Waals surface area contributed by atoms with Crippen LogP contribution in [0.5, 0.6) is 0 Å². The molecule has 0 saturated carbocycles. The molecule has 100 valence electrons. The molecule has 1 atom stereocenters. The number of hydrogen-bond acceptors (Lipinski definition) is 3. The van der Waals surface area contributed by atoms with Gasteiger partial charge < -0.3 is 9.32 Å². The minimum Gasteiger partial charge on any atom is -0.444 e. The van der Waals surface area contributed by atoms with Crippen LogP contribution in [-0.2, 0) is 7.05 Å². The van der Waals surface area contributed by atoms with Gasteiger partial charge in [-0.25, -0.2) is 0 Å². The van der Waals surface area contributed by atoms with E-state index < -0.39 is 0 Å². The summed E-state index contributed by atoms with van der Waals surface area (Å²) < 4.78 is 7.69. The number of rotatable bonds is 2. The predicted octanol–water partition coefficient (Wildman–Crippen LogP) is 2.75. The van der Waals surface area contributed by atoms with Gasteiger partial charge in [-0.05, 0) is 40.9 Å². The highest BCUT2D eigenvalue weighted by Gasteiger charge is 2.32. The lowest BCUT2D eigenvalue weighted by Crippen LogP contribution is -2.30. The molecule has 1 aliphatic heterocycles. The number of aromatic nitrogens is 2. The average molecular weight is 324 g/mol. The van der Waals surface area contributed by atoms with E-state index in [1.165, 1.54) is 0 Å². The number of carbonyl (C=O) groups excluding carboxylic acids is 1. The van der Waals surface area contributed by atoms with E-state index in [1.807, 2.05) is 24.3 Å². The van der Waals surface area contributed by atoms with E-state index in [0.717, 1.165) is 24.9 Å². The zero-order valence-electron chi connectivity index (χ0n) is 10.5. The number of carbonyl (C=O) groups is 1. The molecule has 2 aromatic rings. The first kappa shape index (κ1) is 12.5. The summed E-state index contributed by atoms with van der Waals surface area (Å²) in [4.78, 5) is 14.3. The van der Waals surface area contributed by atoms with Gasteiger partial charge in [0.15, 0.2) is 10.4 Å². The van der Waals surface area contributed by atoms with Crippen LogP contribution in [0, 0.1) is 0 Å². The first-order valence-electron chi connectivity index (χ1n) is 6.20. The average Bonchev–Trinajstić information content (AvgIpc) is 3.07. The molecule has 0 bridgehead atoms. The van der Waals surface area contributed by atoms with E-state index in [-0.39, 0.29) is 11.9 Å². The van der Waals surface area contributed by atoms with Crippen molar-refractivity contribution in [3.8, 4) is 0 Å². The molecule has 0 spiro atoms. The highest BCUT2D eigenvalue weighted by molar-refractivity contribution is 9.10. The molecule has 1 amide bonds. The third-order valence-electron chi connectivity index (χ3n) is 3.41. The topological polar surface area (TPSA) is 51.3 Å². The highest BCUT2D eigenvalue weighted by atomic mass is 79.9. The van der Waals surface area contributed by atoms with Crippen molar-refractivity contribution in [3.05, 3.63) is 40.5 Å². The molecule has 0 radical (unpaired) electrons. The van der Waals surface area contributed by atoms with Gasteiger partial charge in [0.2, 0.25) is 0 Å². The summed E-state index contributed by atoms with van der Waals surface area (Å²) >= 11 is 3.22. The Morgan fingerprint density at radius 3 is 3.00 bits per heavy atom. The van der Waals surface area contributed by atoms with Crippen LogP contribution < -0.4 is 0 Å². The van der Waals surface area contributed by atoms with Gasteiger partial charge in [-0.3, -0.25) is 9.48 Å². The summed E-state index contributed by atoms with van der Waals surface area (Å²) in [6.45, 7) is 0.761. The molecule has 3 heterocycles. The van der Waals surface area contributed by atoms with Crippen molar-refractivity contribution >= 4 is 21.8 Å². The van der Waals surface area contributed by atoms with Crippen LogP contribution in [0.3, 0.4) is 0 Å². The summed E-state index contributed by atoms with van der Waals surface area (Å²) in [5.74, 6) is 0.319. The molecule has 3 rings (SSSR count). The fourth-order valence-electron chi connectivity index (χ4n) is 2.54. The van der Waals surface area contributed by atoms with Crippen molar-refractivity contribution in [1.82, 2.24) is 14.7 Å². The number of furan rings is 1. The maximum Gasteiger partial charge on any atom is 0.290 e. The van der Waals surface area contributed by atoms with Crippen LogP contribution >= 0.6 is 15.9 Å². The van der Waals surface area contributed by atoms with Crippen LogP contribution in [0.1, 0.15) is 35.0 Å². The summed E-state index contributed by atoms with van der Waals surface area (Å²) in [5, 5.41) is 4.18. The lowest BCUT2D eigenvalue weighted by molar-refractivity contribution is 0.0702. The van der Waals surface area contributed by atoms with E-state index >= 15 is 0 Å². The van der Waals surface area contributed by atoms with Crippen LogP contribution in [0.4, 0.5) is 0 Å². The Morgan fingerprint density at radius 2 is 2.37 bits per heavy atom. The number of hydrogen-bond donors (Lipinski definition) is 0. The van der Waals surface area contributed by atoms with Crippen molar-refractivity contribution in [2.24, 2.45) is 7.05 Å². The Balaban J connectivity index is 1.85. The van der Waals surface area contributed by atoms with Crippen LogP contribution in [0.15, 0.2) is 33.6 Å². The standard InChI is InChI=1S/C13H14BrN3O2/c1-16-8-9(7-15-16)10-3-2-6-17(10)13(18)11-4-5-12(14)19-11/h4-5,7-8,10H,2-3,6H2,1H3/t10-/m0/s1. The Morgan fingerprint density at radius 1 is 1.53 bits per heavy atom. The molecule has 1 aliphatic rings. The molecule has 5 nitrogen and oxygen atoms in total. The maximum atomic E-state index is 12.4. The largest absolute Gasteiger partial charge is 0.444 e. The Hall–Kier alpha value is -1.56. The third kappa shape index (κ3) is 2.32. The molecule has 0 N–H and O–H groups in total. The quantitative estimate of drug-likeness (QED) is 0.853. The molecule has 6 heteroatoms. The molecular weight excluding hydrogens is 310 g/mol. The van der Waals surface area contributed by atoms with Gasteiger partial charge in [0.1, 0.15) is 0 Å². The molecule has 0 aromatic carbocycles. The number of halogens is 1. The first-order chi connectivity index (χ1) is 9.15. The predicted molar refractivity (Wildman–Crippen MR) is 72.6 cm³/mol. The molecular formula is C13H14BrN3O2. The molecule has 1 saturated heterocycles. The number of nitrogens with zero attached hydrogens (tertiary/aromatic N) is 3. The molecule has 0 unspecified atom stereocenters. The van der Waals surface area contributed by atoms with Crippen LogP contribution in [-0.4, -0.2) is 27.1 Å². The fourth-order valence-corrected chi connectivity index (χ4v) is 2.85. The van der Waals surface area contributed by atoms with Crippen molar-refractivity contribution in [1.29, 1.82) is 0 Å². The lowest BCUT2D eigenvalue weighted by Gasteiger charge is -2.22. The Kier molecular flexibility index (Phi) is 3.18. The van der Waals surface area contributed by atoms with Crippen molar-refractivity contribution in [2.45, 2.75) is 18.9 Å². The first-order valence-corrected chi connectivity index (χ1v) is 6.99. The van der Waals surface area contributed by atoms with E-state index in [4.69, 9.17) is 4.42 Å². The van der Waals surface area contributed by atoms with Crippen molar-refractivity contribution in [2.75, 3.05) is 6.54 Å². The van der Waals surface area contributed by atoms with Crippen molar-refractivity contribution < 1.29 is 9.21 Å². The Labute approximate surface area is 119 Å². The fraction of sp³-hybridized carbons (Fsp3) is 0.385. The molecule has 0 aliphatic carbocycles. The molecule has 2 aromatic heterocycles. The zero-order valence-corrected chi connectivity index (χ0v) is 12.1. The zero-order chi connectivity index (χ0) is 13.4. The normalized spacial score (nSPS) is 19.1. The third-order valence-corrected chi connectivity index (χ3v) is 3.83. The highest BCUT2D eigenvalue weighted by Crippen LogP contribution is 2.33. The molecule has 19 heavy (non-hydrogen) atoms. The number of amides is 1. The second kappa shape index (κ2) is 4.85. The minimum absolute atomic E-state index is 0.0583. The number of aryl methyl sites for hydroxylation is 1. The maximum absolute atomic E-state index is 12.4. The monoisotopic (exact) mass is 323 g/mol. The van der Waals surface area contributed by atoms with E-state index in [9.17, 15) is 4.79 Å². The van der Waals surface area contributed by atoms with Gasteiger partial charge in [-0.15, -0.1) is 0 Å². The van der Waals surface area contributed by atoms with E-state index in [2.05, 4.69) is 21.0 Å². The second-order valence-electron chi connectivity index (χ2n) is 4.71. The lowest BCUT2D eigenvalue weighted by atomic mass is 10.1. The second-order valence-corrected chi connectivity index (χ2v) is 5.49. The summed E-state index contributed by atoms with van der Waals surface area (Å²) in [7, 11) is 1.88. The SMILES string of the molecule is Cn1cc([C@@H]2CCCN2C(=O)c2ccc(Br)o2)cn1. The minimum atomic E-state index is -0.0583. The van der Waals surface area contributed by atoms with Crippen LogP contribution in [0.2, 0.25) is 0 Å². The van der Waals surface area contributed by atoms with Gasteiger partial charge in [-0.1, -0.05) is 0 Å². The summed E-state index contributed by atoms with van der Waals surface area (Å²) in [6, 6.07) is 3.54. The summed E-state index contributed by atoms with van der Waals surface area (Å²) in [6.07, 6.45) is 5.77.